The summed E-state index contributed by atoms with van der Waals surface area (Å²) in [6.45, 7) is 1.60. The van der Waals surface area contributed by atoms with E-state index in [2.05, 4.69) is 5.32 Å². The van der Waals surface area contributed by atoms with E-state index in [1.54, 1.807) is 0 Å². The summed E-state index contributed by atoms with van der Waals surface area (Å²) in [6.07, 6.45) is 8.40. The van der Waals surface area contributed by atoms with Gasteiger partial charge < -0.3 is 11.1 Å². The van der Waals surface area contributed by atoms with Gasteiger partial charge in [-0.25, -0.2) is 0 Å². The second kappa shape index (κ2) is 5.67. The Morgan fingerprint density at radius 1 is 1.19 bits per heavy atom. The molecular weight excluding hydrogens is 200 g/mol. The highest BCUT2D eigenvalue weighted by atomic mass is 16.1. The van der Waals surface area contributed by atoms with Crippen molar-refractivity contribution in [2.45, 2.75) is 44.9 Å². The lowest BCUT2D eigenvalue weighted by atomic mass is 9.88. The lowest BCUT2D eigenvalue weighted by Gasteiger charge is -2.20. The molecule has 0 aliphatic heterocycles. The van der Waals surface area contributed by atoms with E-state index in [9.17, 15) is 4.79 Å². The summed E-state index contributed by atoms with van der Waals surface area (Å²) < 4.78 is 0. The van der Waals surface area contributed by atoms with E-state index in [0.717, 1.165) is 44.7 Å². The third kappa shape index (κ3) is 2.76. The number of rotatable bonds is 6. The zero-order chi connectivity index (χ0) is 11.4. The number of nitrogens with one attached hydrogen (secondary N) is 1. The summed E-state index contributed by atoms with van der Waals surface area (Å²) in [5.74, 6) is 2.22. The number of nitrogens with two attached hydrogens (primary N) is 1. The molecule has 2 bridgehead atoms. The molecule has 3 N–H and O–H groups in total. The molecule has 2 fully saturated rings. The highest BCUT2D eigenvalue weighted by Crippen LogP contribution is 2.48. The van der Waals surface area contributed by atoms with E-state index in [-0.39, 0.29) is 0 Å². The van der Waals surface area contributed by atoms with Crippen molar-refractivity contribution in [2.24, 2.45) is 23.5 Å². The first-order valence-corrected chi connectivity index (χ1v) is 6.79. The van der Waals surface area contributed by atoms with Crippen LogP contribution in [-0.4, -0.2) is 19.0 Å². The molecule has 3 nitrogen and oxygen atoms in total. The minimum absolute atomic E-state index is 0.319. The molecule has 0 aromatic heterocycles. The average Bonchev–Trinajstić information content (AvgIpc) is 2.90. The predicted octanol–water partition coefficient (Wildman–Crippen LogP) is 1.67. The molecule has 2 aliphatic rings. The molecule has 92 valence electrons. The predicted molar refractivity (Wildman–Crippen MR) is 64.9 cm³/mol. The number of hydrogen-bond donors (Lipinski definition) is 2. The molecule has 2 rings (SSSR count). The summed E-state index contributed by atoms with van der Waals surface area (Å²) in [5, 5.41) is 3.09. The molecular formula is C13H24N2O. The lowest BCUT2D eigenvalue weighted by molar-refractivity contribution is -0.126. The largest absolute Gasteiger partial charge is 0.356 e. The Labute approximate surface area is 98.2 Å². The lowest BCUT2D eigenvalue weighted by Crippen LogP contribution is -2.34. The van der Waals surface area contributed by atoms with E-state index in [1.165, 1.54) is 19.3 Å². The van der Waals surface area contributed by atoms with Crippen molar-refractivity contribution in [1.29, 1.82) is 0 Å². The maximum atomic E-state index is 11.9. The molecule has 3 heteroatoms. The molecule has 16 heavy (non-hydrogen) atoms. The third-order valence-corrected chi connectivity index (χ3v) is 4.25. The van der Waals surface area contributed by atoms with Crippen molar-refractivity contribution in [1.82, 2.24) is 5.32 Å². The Hall–Kier alpha value is -0.570. The fraction of sp³-hybridized carbons (Fsp3) is 0.923. The molecule has 0 spiro atoms. The second-order valence-electron chi connectivity index (χ2n) is 5.42. The van der Waals surface area contributed by atoms with Crippen LogP contribution in [-0.2, 0) is 4.79 Å². The molecule has 0 aromatic rings. The summed E-state index contributed by atoms with van der Waals surface area (Å²) in [7, 11) is 0. The van der Waals surface area contributed by atoms with Gasteiger partial charge in [0.05, 0.1) is 0 Å². The summed E-state index contributed by atoms with van der Waals surface area (Å²) in [6, 6.07) is 0. The van der Waals surface area contributed by atoms with Crippen LogP contribution in [0.25, 0.3) is 0 Å². The molecule has 0 radical (unpaired) electrons. The average molecular weight is 224 g/mol. The van der Waals surface area contributed by atoms with Crippen LogP contribution in [0.5, 0.6) is 0 Å². The highest BCUT2D eigenvalue weighted by Gasteiger charge is 2.42. The van der Waals surface area contributed by atoms with E-state index < -0.39 is 0 Å². The Morgan fingerprint density at radius 3 is 2.69 bits per heavy atom. The Balaban J connectivity index is 1.61. The molecule has 1 amide bonds. The van der Waals surface area contributed by atoms with Crippen LogP contribution in [0, 0.1) is 17.8 Å². The van der Waals surface area contributed by atoms with Crippen molar-refractivity contribution >= 4 is 5.91 Å². The van der Waals surface area contributed by atoms with Gasteiger partial charge in [-0.3, -0.25) is 4.79 Å². The van der Waals surface area contributed by atoms with Crippen molar-refractivity contribution in [2.75, 3.05) is 13.1 Å². The van der Waals surface area contributed by atoms with Crippen LogP contribution in [0.3, 0.4) is 0 Å². The van der Waals surface area contributed by atoms with E-state index in [4.69, 9.17) is 5.73 Å². The first-order valence-electron chi connectivity index (χ1n) is 6.79. The van der Waals surface area contributed by atoms with Crippen molar-refractivity contribution in [3.63, 3.8) is 0 Å². The van der Waals surface area contributed by atoms with Gasteiger partial charge in [0, 0.05) is 12.5 Å². The minimum atomic E-state index is 0.319. The molecule has 3 atom stereocenters. The molecule has 0 heterocycles. The van der Waals surface area contributed by atoms with Gasteiger partial charge in [0.25, 0.3) is 0 Å². The molecule has 0 saturated heterocycles. The van der Waals surface area contributed by atoms with E-state index in [1.807, 2.05) is 0 Å². The summed E-state index contributed by atoms with van der Waals surface area (Å²) >= 11 is 0. The van der Waals surface area contributed by atoms with Gasteiger partial charge in [0.2, 0.25) is 5.91 Å². The Kier molecular flexibility index (Phi) is 4.22. The maximum Gasteiger partial charge on any atom is 0.223 e. The van der Waals surface area contributed by atoms with E-state index >= 15 is 0 Å². The highest BCUT2D eigenvalue weighted by molar-refractivity contribution is 5.79. The fourth-order valence-corrected chi connectivity index (χ4v) is 3.35. The van der Waals surface area contributed by atoms with Gasteiger partial charge in [0.15, 0.2) is 0 Å². The van der Waals surface area contributed by atoms with Crippen LogP contribution in [0.4, 0.5) is 0 Å². The first kappa shape index (κ1) is 11.9. The Morgan fingerprint density at radius 2 is 2.06 bits per heavy atom. The van der Waals surface area contributed by atoms with Gasteiger partial charge in [-0.15, -0.1) is 0 Å². The zero-order valence-corrected chi connectivity index (χ0v) is 10.1. The normalized spacial score (nSPS) is 31.9. The smallest absolute Gasteiger partial charge is 0.223 e. The number of carbonyl (C=O) groups is 1. The van der Waals surface area contributed by atoms with Gasteiger partial charge in [-0.05, 0) is 50.5 Å². The molecule has 2 saturated carbocycles. The third-order valence-electron chi connectivity index (χ3n) is 4.25. The topological polar surface area (TPSA) is 55.1 Å². The van der Waals surface area contributed by atoms with Crippen LogP contribution >= 0.6 is 0 Å². The van der Waals surface area contributed by atoms with Crippen molar-refractivity contribution in [3.05, 3.63) is 0 Å². The van der Waals surface area contributed by atoms with Crippen LogP contribution < -0.4 is 11.1 Å². The van der Waals surface area contributed by atoms with E-state index in [0.29, 0.717) is 17.7 Å². The second-order valence-corrected chi connectivity index (χ2v) is 5.42. The fourth-order valence-electron chi connectivity index (χ4n) is 3.35. The van der Waals surface area contributed by atoms with Crippen LogP contribution in [0.1, 0.15) is 44.9 Å². The monoisotopic (exact) mass is 224 g/mol. The van der Waals surface area contributed by atoms with Crippen molar-refractivity contribution < 1.29 is 4.79 Å². The quantitative estimate of drug-likeness (QED) is 0.674. The first-order chi connectivity index (χ1) is 7.81. The van der Waals surface area contributed by atoms with Crippen LogP contribution in [0.2, 0.25) is 0 Å². The zero-order valence-electron chi connectivity index (χ0n) is 10.1. The Bertz CT molecular complexity index is 242. The molecule has 3 unspecified atom stereocenters. The number of fused-ring (bicyclic) bond motifs is 2. The maximum absolute atomic E-state index is 11.9. The van der Waals surface area contributed by atoms with Gasteiger partial charge >= 0.3 is 0 Å². The van der Waals surface area contributed by atoms with Crippen molar-refractivity contribution in [3.8, 4) is 0 Å². The van der Waals surface area contributed by atoms with Crippen LogP contribution in [0.15, 0.2) is 0 Å². The van der Waals surface area contributed by atoms with Gasteiger partial charge in [-0.1, -0.05) is 12.8 Å². The summed E-state index contributed by atoms with van der Waals surface area (Å²) in [5.41, 5.74) is 5.42. The SMILES string of the molecule is NCCCCCNC(=O)C1CC2CCC1C2. The standard InChI is InChI=1S/C13H24N2O/c14-6-2-1-3-7-15-13(16)12-9-10-4-5-11(12)8-10/h10-12H,1-9,14H2,(H,15,16). The van der Waals surface area contributed by atoms with Gasteiger partial charge in [-0.2, -0.15) is 0 Å². The number of amides is 1. The minimum Gasteiger partial charge on any atom is -0.356 e. The number of unbranched alkanes of at least 4 members (excludes halogenated alkanes) is 2. The number of hydrogen-bond acceptors (Lipinski definition) is 2. The molecule has 0 aromatic carbocycles. The summed E-state index contributed by atoms with van der Waals surface area (Å²) in [4.78, 5) is 11.9. The molecule has 2 aliphatic carbocycles. The number of carbonyl (C=O) groups excluding carboxylic acids is 1. The van der Waals surface area contributed by atoms with Gasteiger partial charge in [0.1, 0.15) is 0 Å².